The standard InChI is InChI=1S/C11H15N5/c1-3-4-10-14-5-6-16(10)11-8-13-7-9(12-2)15-11/h5-8H,3-4H2,1-2H3,(H,12,15). The third kappa shape index (κ3) is 2.03. The molecule has 0 aliphatic heterocycles. The number of aryl methyl sites for hydroxylation is 1. The number of imidazole rings is 1. The summed E-state index contributed by atoms with van der Waals surface area (Å²) in [6.45, 7) is 2.13. The van der Waals surface area contributed by atoms with Gasteiger partial charge in [-0.3, -0.25) is 9.55 Å². The van der Waals surface area contributed by atoms with Crippen LogP contribution in [0.4, 0.5) is 5.82 Å². The Kier molecular flexibility index (Phi) is 3.14. The molecule has 0 saturated heterocycles. The molecule has 0 atom stereocenters. The molecule has 0 fully saturated rings. The van der Waals surface area contributed by atoms with E-state index in [-0.39, 0.29) is 0 Å². The summed E-state index contributed by atoms with van der Waals surface area (Å²) in [5.74, 6) is 2.58. The number of nitrogens with one attached hydrogen (secondary N) is 1. The molecular formula is C11H15N5. The Morgan fingerprint density at radius 2 is 2.25 bits per heavy atom. The zero-order valence-corrected chi connectivity index (χ0v) is 9.51. The van der Waals surface area contributed by atoms with Crippen LogP contribution in [0.3, 0.4) is 0 Å². The van der Waals surface area contributed by atoms with Crippen LogP contribution in [0.5, 0.6) is 0 Å². The van der Waals surface area contributed by atoms with Gasteiger partial charge in [-0.25, -0.2) is 9.97 Å². The molecule has 2 heterocycles. The summed E-state index contributed by atoms with van der Waals surface area (Å²) in [5.41, 5.74) is 0. The Morgan fingerprint density at radius 1 is 1.38 bits per heavy atom. The van der Waals surface area contributed by atoms with Crippen LogP contribution in [0, 0.1) is 0 Å². The van der Waals surface area contributed by atoms with Gasteiger partial charge in [0.2, 0.25) is 0 Å². The van der Waals surface area contributed by atoms with Crippen molar-refractivity contribution in [2.45, 2.75) is 19.8 Å². The maximum atomic E-state index is 4.43. The smallest absolute Gasteiger partial charge is 0.159 e. The molecule has 0 radical (unpaired) electrons. The summed E-state index contributed by atoms with van der Waals surface area (Å²) in [7, 11) is 1.83. The van der Waals surface area contributed by atoms with Crippen molar-refractivity contribution in [3.05, 3.63) is 30.6 Å². The molecule has 5 heteroatoms. The summed E-state index contributed by atoms with van der Waals surface area (Å²) in [4.78, 5) is 12.9. The van der Waals surface area contributed by atoms with Crippen LogP contribution in [0.15, 0.2) is 24.8 Å². The van der Waals surface area contributed by atoms with E-state index in [1.807, 2.05) is 17.8 Å². The van der Waals surface area contributed by atoms with Crippen LogP contribution in [0.1, 0.15) is 19.2 Å². The summed E-state index contributed by atoms with van der Waals surface area (Å²) in [6.07, 6.45) is 9.14. The summed E-state index contributed by atoms with van der Waals surface area (Å²) in [6, 6.07) is 0. The van der Waals surface area contributed by atoms with E-state index < -0.39 is 0 Å². The maximum Gasteiger partial charge on any atom is 0.159 e. The first-order valence-corrected chi connectivity index (χ1v) is 5.37. The number of anilines is 1. The zero-order valence-electron chi connectivity index (χ0n) is 9.51. The molecule has 5 nitrogen and oxygen atoms in total. The minimum absolute atomic E-state index is 0.758. The van der Waals surface area contributed by atoms with Crippen molar-refractivity contribution in [2.75, 3.05) is 12.4 Å². The van der Waals surface area contributed by atoms with Gasteiger partial charge in [0, 0.05) is 25.9 Å². The normalized spacial score (nSPS) is 10.4. The SMILES string of the molecule is CCCc1nccn1-c1cncc(NC)n1. The van der Waals surface area contributed by atoms with Crippen molar-refractivity contribution >= 4 is 5.82 Å². The fourth-order valence-electron chi connectivity index (χ4n) is 1.54. The molecule has 2 aromatic heterocycles. The van der Waals surface area contributed by atoms with Crippen LogP contribution in [-0.2, 0) is 6.42 Å². The Labute approximate surface area is 94.6 Å². The highest BCUT2D eigenvalue weighted by atomic mass is 15.2. The lowest BCUT2D eigenvalue weighted by Gasteiger charge is -2.07. The number of hydrogen-bond acceptors (Lipinski definition) is 4. The molecule has 0 unspecified atom stereocenters. The Morgan fingerprint density at radius 3 is 3.00 bits per heavy atom. The average molecular weight is 217 g/mol. The van der Waals surface area contributed by atoms with Crippen molar-refractivity contribution in [2.24, 2.45) is 0 Å². The molecule has 84 valence electrons. The highest BCUT2D eigenvalue weighted by Gasteiger charge is 2.05. The lowest BCUT2D eigenvalue weighted by atomic mass is 10.3. The van der Waals surface area contributed by atoms with E-state index in [9.17, 15) is 0 Å². The third-order valence-electron chi connectivity index (χ3n) is 2.32. The number of hydrogen-bond donors (Lipinski definition) is 1. The van der Waals surface area contributed by atoms with Gasteiger partial charge in [0.25, 0.3) is 0 Å². The molecule has 0 aliphatic rings. The first kappa shape index (κ1) is 10.6. The van der Waals surface area contributed by atoms with Gasteiger partial charge in [-0.2, -0.15) is 0 Å². The van der Waals surface area contributed by atoms with Crippen molar-refractivity contribution in [3.63, 3.8) is 0 Å². The van der Waals surface area contributed by atoms with Crippen molar-refractivity contribution < 1.29 is 0 Å². The van der Waals surface area contributed by atoms with E-state index >= 15 is 0 Å². The first-order valence-electron chi connectivity index (χ1n) is 5.37. The van der Waals surface area contributed by atoms with E-state index in [0.29, 0.717) is 0 Å². The summed E-state index contributed by atoms with van der Waals surface area (Å²) in [5, 5.41) is 2.97. The highest BCUT2D eigenvalue weighted by molar-refractivity contribution is 5.35. The van der Waals surface area contributed by atoms with Crippen LogP contribution in [-0.4, -0.2) is 26.6 Å². The maximum absolute atomic E-state index is 4.43. The highest BCUT2D eigenvalue weighted by Crippen LogP contribution is 2.10. The predicted molar refractivity (Wildman–Crippen MR) is 62.7 cm³/mol. The van der Waals surface area contributed by atoms with E-state index in [1.165, 1.54) is 0 Å². The summed E-state index contributed by atoms with van der Waals surface area (Å²) >= 11 is 0. The first-order chi connectivity index (χ1) is 7.85. The van der Waals surface area contributed by atoms with Crippen molar-refractivity contribution in [1.29, 1.82) is 0 Å². The molecule has 0 amide bonds. The molecule has 0 saturated carbocycles. The fourth-order valence-corrected chi connectivity index (χ4v) is 1.54. The number of rotatable bonds is 4. The largest absolute Gasteiger partial charge is 0.372 e. The minimum atomic E-state index is 0.758. The third-order valence-corrected chi connectivity index (χ3v) is 2.32. The quantitative estimate of drug-likeness (QED) is 0.846. The molecule has 2 rings (SSSR count). The lowest BCUT2D eigenvalue weighted by Crippen LogP contribution is -2.04. The van der Waals surface area contributed by atoms with Gasteiger partial charge in [0.1, 0.15) is 11.6 Å². The number of nitrogens with zero attached hydrogens (tertiary/aromatic N) is 4. The molecule has 0 spiro atoms. The second-order valence-electron chi connectivity index (χ2n) is 3.48. The minimum Gasteiger partial charge on any atom is -0.372 e. The van der Waals surface area contributed by atoms with Gasteiger partial charge in [-0.1, -0.05) is 6.92 Å². The Bertz CT molecular complexity index is 463. The Hall–Kier alpha value is -1.91. The molecule has 0 aliphatic carbocycles. The predicted octanol–water partition coefficient (Wildman–Crippen LogP) is 1.66. The van der Waals surface area contributed by atoms with Gasteiger partial charge in [0.15, 0.2) is 5.82 Å². The zero-order chi connectivity index (χ0) is 11.4. The van der Waals surface area contributed by atoms with E-state index in [2.05, 4.69) is 27.2 Å². The Balaban J connectivity index is 2.37. The second-order valence-corrected chi connectivity index (χ2v) is 3.48. The molecular weight excluding hydrogens is 202 g/mol. The van der Waals surface area contributed by atoms with Gasteiger partial charge >= 0.3 is 0 Å². The van der Waals surface area contributed by atoms with Crippen LogP contribution in [0.25, 0.3) is 5.82 Å². The molecule has 0 bridgehead atoms. The van der Waals surface area contributed by atoms with Gasteiger partial charge < -0.3 is 5.32 Å². The fraction of sp³-hybridized carbons (Fsp3) is 0.364. The molecule has 1 N–H and O–H groups in total. The topological polar surface area (TPSA) is 55.6 Å². The monoisotopic (exact) mass is 217 g/mol. The van der Waals surface area contributed by atoms with Crippen LogP contribution < -0.4 is 5.32 Å². The second kappa shape index (κ2) is 4.74. The average Bonchev–Trinajstić information content (AvgIpc) is 2.78. The number of aromatic nitrogens is 4. The van der Waals surface area contributed by atoms with Crippen LogP contribution >= 0.6 is 0 Å². The molecule has 0 aromatic carbocycles. The van der Waals surface area contributed by atoms with Crippen molar-refractivity contribution in [3.8, 4) is 5.82 Å². The van der Waals surface area contributed by atoms with Gasteiger partial charge in [0.05, 0.1) is 12.4 Å². The van der Waals surface area contributed by atoms with E-state index in [0.717, 1.165) is 30.3 Å². The van der Waals surface area contributed by atoms with Crippen LogP contribution in [0.2, 0.25) is 0 Å². The van der Waals surface area contributed by atoms with Crippen molar-refractivity contribution in [1.82, 2.24) is 19.5 Å². The lowest BCUT2D eigenvalue weighted by molar-refractivity contribution is 0.795. The van der Waals surface area contributed by atoms with E-state index in [1.54, 1.807) is 18.6 Å². The van der Waals surface area contributed by atoms with E-state index in [4.69, 9.17) is 0 Å². The summed E-state index contributed by atoms with van der Waals surface area (Å²) < 4.78 is 1.97. The molecule has 2 aromatic rings. The van der Waals surface area contributed by atoms with Gasteiger partial charge in [-0.05, 0) is 6.42 Å². The van der Waals surface area contributed by atoms with Gasteiger partial charge in [-0.15, -0.1) is 0 Å². The molecule has 16 heavy (non-hydrogen) atoms.